The average molecular weight is 356 g/mol. The second kappa shape index (κ2) is 7.50. The zero-order chi connectivity index (χ0) is 15.3. The second-order valence-electron chi connectivity index (χ2n) is 6.29. The molecule has 3 nitrogen and oxygen atoms in total. The van der Waals surface area contributed by atoms with Gasteiger partial charge < -0.3 is 14.8 Å². The third-order valence-electron chi connectivity index (χ3n) is 4.43. The SMILES string of the molecule is COc1cc(CNCC2(C)CCCCC2)cc(Br)c1OC. The van der Waals surface area contributed by atoms with Crippen LogP contribution in [0.1, 0.15) is 44.6 Å². The summed E-state index contributed by atoms with van der Waals surface area (Å²) in [4.78, 5) is 0. The molecule has 1 saturated carbocycles. The highest BCUT2D eigenvalue weighted by Crippen LogP contribution is 2.37. The van der Waals surface area contributed by atoms with Gasteiger partial charge in [0.25, 0.3) is 0 Å². The first-order valence-corrected chi connectivity index (χ1v) is 8.48. The summed E-state index contributed by atoms with van der Waals surface area (Å²) < 4.78 is 11.7. The predicted octanol–water partition coefficient (Wildman–Crippen LogP) is 4.53. The fourth-order valence-electron chi connectivity index (χ4n) is 3.16. The number of rotatable bonds is 6. The van der Waals surface area contributed by atoms with Crippen molar-refractivity contribution in [2.75, 3.05) is 20.8 Å². The Labute approximate surface area is 136 Å². The van der Waals surface area contributed by atoms with Crippen LogP contribution in [0.2, 0.25) is 0 Å². The minimum Gasteiger partial charge on any atom is -0.493 e. The van der Waals surface area contributed by atoms with E-state index in [-0.39, 0.29) is 0 Å². The number of nitrogens with one attached hydrogen (secondary N) is 1. The van der Waals surface area contributed by atoms with E-state index >= 15 is 0 Å². The topological polar surface area (TPSA) is 30.5 Å². The van der Waals surface area contributed by atoms with Gasteiger partial charge in [-0.3, -0.25) is 0 Å². The summed E-state index contributed by atoms with van der Waals surface area (Å²) in [5.41, 5.74) is 1.67. The average Bonchev–Trinajstić information content (AvgIpc) is 2.47. The molecule has 0 aromatic heterocycles. The number of benzene rings is 1. The smallest absolute Gasteiger partial charge is 0.174 e. The number of methoxy groups -OCH3 is 2. The molecule has 4 heteroatoms. The summed E-state index contributed by atoms with van der Waals surface area (Å²) in [6, 6.07) is 4.14. The van der Waals surface area contributed by atoms with Crippen LogP contribution in [-0.2, 0) is 6.54 Å². The highest BCUT2D eigenvalue weighted by Gasteiger charge is 2.26. The first-order chi connectivity index (χ1) is 10.1. The molecule has 118 valence electrons. The normalized spacial score (nSPS) is 17.5. The molecule has 0 saturated heterocycles. The lowest BCUT2D eigenvalue weighted by atomic mass is 9.76. The lowest BCUT2D eigenvalue weighted by Crippen LogP contribution is -2.33. The molecule has 0 aliphatic heterocycles. The van der Waals surface area contributed by atoms with Crippen LogP contribution >= 0.6 is 15.9 Å². The third-order valence-corrected chi connectivity index (χ3v) is 5.02. The van der Waals surface area contributed by atoms with Gasteiger partial charge in [-0.25, -0.2) is 0 Å². The highest BCUT2D eigenvalue weighted by atomic mass is 79.9. The van der Waals surface area contributed by atoms with E-state index in [0.29, 0.717) is 5.41 Å². The Morgan fingerprint density at radius 1 is 1.14 bits per heavy atom. The van der Waals surface area contributed by atoms with E-state index in [1.807, 2.05) is 6.07 Å². The standard InChI is InChI=1S/C17H26BrNO2/c1-17(7-5-4-6-8-17)12-19-11-13-9-14(18)16(21-3)15(10-13)20-2/h9-10,19H,4-8,11-12H2,1-3H3. The molecule has 2 rings (SSSR count). The van der Waals surface area contributed by atoms with Crippen LogP contribution < -0.4 is 14.8 Å². The first kappa shape index (κ1) is 16.6. The lowest BCUT2D eigenvalue weighted by Gasteiger charge is -2.33. The van der Waals surface area contributed by atoms with Crippen molar-refractivity contribution < 1.29 is 9.47 Å². The van der Waals surface area contributed by atoms with E-state index in [2.05, 4.69) is 34.2 Å². The summed E-state index contributed by atoms with van der Waals surface area (Å²) in [5.74, 6) is 1.52. The van der Waals surface area contributed by atoms with Crippen molar-refractivity contribution in [3.05, 3.63) is 22.2 Å². The van der Waals surface area contributed by atoms with Crippen LogP contribution in [-0.4, -0.2) is 20.8 Å². The maximum atomic E-state index is 5.39. The molecule has 0 amide bonds. The Balaban J connectivity index is 1.95. The van der Waals surface area contributed by atoms with Gasteiger partial charge in [-0.2, -0.15) is 0 Å². The molecule has 0 heterocycles. The molecule has 1 fully saturated rings. The van der Waals surface area contributed by atoms with E-state index in [4.69, 9.17) is 9.47 Å². The van der Waals surface area contributed by atoms with Gasteiger partial charge in [0.15, 0.2) is 11.5 Å². The fraction of sp³-hybridized carbons (Fsp3) is 0.647. The van der Waals surface area contributed by atoms with Crippen LogP contribution in [0.4, 0.5) is 0 Å². The van der Waals surface area contributed by atoms with Crippen LogP contribution in [0.5, 0.6) is 11.5 Å². The van der Waals surface area contributed by atoms with E-state index in [1.165, 1.54) is 37.7 Å². The van der Waals surface area contributed by atoms with Crippen molar-refractivity contribution in [2.24, 2.45) is 5.41 Å². The molecule has 0 radical (unpaired) electrons. The molecular weight excluding hydrogens is 330 g/mol. The molecule has 1 N–H and O–H groups in total. The number of halogens is 1. The predicted molar refractivity (Wildman–Crippen MR) is 90.1 cm³/mol. The lowest BCUT2D eigenvalue weighted by molar-refractivity contribution is 0.207. The molecule has 0 unspecified atom stereocenters. The zero-order valence-corrected chi connectivity index (χ0v) is 14.9. The second-order valence-corrected chi connectivity index (χ2v) is 7.14. The first-order valence-electron chi connectivity index (χ1n) is 7.69. The van der Waals surface area contributed by atoms with E-state index in [1.54, 1.807) is 14.2 Å². The van der Waals surface area contributed by atoms with Gasteiger partial charge in [0.2, 0.25) is 0 Å². The Morgan fingerprint density at radius 3 is 2.48 bits per heavy atom. The monoisotopic (exact) mass is 355 g/mol. The van der Waals surface area contributed by atoms with Crippen molar-refractivity contribution in [2.45, 2.75) is 45.6 Å². The van der Waals surface area contributed by atoms with Gasteiger partial charge in [0.1, 0.15) is 0 Å². The van der Waals surface area contributed by atoms with Crippen LogP contribution in [0.3, 0.4) is 0 Å². The third kappa shape index (κ3) is 4.36. The molecule has 1 aliphatic carbocycles. The van der Waals surface area contributed by atoms with Crippen LogP contribution in [0.25, 0.3) is 0 Å². The fourth-order valence-corrected chi connectivity index (χ4v) is 3.82. The van der Waals surface area contributed by atoms with Crippen molar-refractivity contribution >= 4 is 15.9 Å². The largest absolute Gasteiger partial charge is 0.493 e. The summed E-state index contributed by atoms with van der Waals surface area (Å²) in [6.07, 6.45) is 6.84. The molecule has 0 bridgehead atoms. The number of ether oxygens (including phenoxy) is 2. The van der Waals surface area contributed by atoms with Crippen molar-refractivity contribution in [1.82, 2.24) is 5.32 Å². The molecule has 1 aromatic carbocycles. The van der Waals surface area contributed by atoms with Gasteiger partial charge in [0, 0.05) is 13.1 Å². The van der Waals surface area contributed by atoms with Gasteiger partial charge >= 0.3 is 0 Å². The molecule has 0 spiro atoms. The molecule has 1 aromatic rings. The minimum absolute atomic E-state index is 0.464. The van der Waals surface area contributed by atoms with Gasteiger partial charge in [-0.15, -0.1) is 0 Å². The Bertz CT molecular complexity index is 470. The van der Waals surface area contributed by atoms with Crippen LogP contribution in [0, 0.1) is 5.41 Å². The Morgan fingerprint density at radius 2 is 1.86 bits per heavy atom. The molecule has 0 atom stereocenters. The zero-order valence-electron chi connectivity index (χ0n) is 13.3. The highest BCUT2D eigenvalue weighted by molar-refractivity contribution is 9.10. The van der Waals surface area contributed by atoms with Crippen molar-refractivity contribution in [1.29, 1.82) is 0 Å². The summed E-state index contributed by atoms with van der Waals surface area (Å²) >= 11 is 3.55. The number of hydrogen-bond acceptors (Lipinski definition) is 3. The van der Waals surface area contributed by atoms with Gasteiger partial charge in [0.05, 0.1) is 18.7 Å². The maximum Gasteiger partial charge on any atom is 0.174 e. The summed E-state index contributed by atoms with van der Waals surface area (Å²) in [6.45, 7) is 4.34. The molecule has 1 aliphatic rings. The van der Waals surface area contributed by atoms with E-state index in [9.17, 15) is 0 Å². The maximum absolute atomic E-state index is 5.39. The molecular formula is C17H26BrNO2. The van der Waals surface area contributed by atoms with E-state index in [0.717, 1.165) is 29.1 Å². The summed E-state index contributed by atoms with van der Waals surface area (Å²) in [7, 11) is 3.33. The van der Waals surface area contributed by atoms with Crippen LogP contribution in [0.15, 0.2) is 16.6 Å². The Hall–Kier alpha value is -0.740. The van der Waals surface area contributed by atoms with Crippen molar-refractivity contribution in [3.8, 4) is 11.5 Å². The molecule has 21 heavy (non-hydrogen) atoms. The minimum atomic E-state index is 0.464. The van der Waals surface area contributed by atoms with E-state index < -0.39 is 0 Å². The van der Waals surface area contributed by atoms with Gasteiger partial charge in [-0.05, 0) is 51.9 Å². The quantitative estimate of drug-likeness (QED) is 0.813. The number of hydrogen-bond donors (Lipinski definition) is 1. The van der Waals surface area contributed by atoms with Crippen molar-refractivity contribution in [3.63, 3.8) is 0 Å². The van der Waals surface area contributed by atoms with Gasteiger partial charge in [-0.1, -0.05) is 26.2 Å². The summed E-state index contributed by atoms with van der Waals surface area (Å²) in [5, 5.41) is 3.61. The Kier molecular flexibility index (Phi) is 5.94.